The van der Waals surface area contributed by atoms with Crippen LogP contribution in [-0.4, -0.2) is 31.6 Å². The van der Waals surface area contributed by atoms with Crippen molar-refractivity contribution in [2.24, 2.45) is 5.92 Å². The van der Waals surface area contributed by atoms with Crippen LogP contribution in [0, 0.1) is 5.92 Å². The van der Waals surface area contributed by atoms with Gasteiger partial charge >= 0.3 is 0 Å². The van der Waals surface area contributed by atoms with Crippen molar-refractivity contribution in [1.29, 1.82) is 0 Å². The lowest BCUT2D eigenvalue weighted by Crippen LogP contribution is -2.37. The summed E-state index contributed by atoms with van der Waals surface area (Å²) in [6.07, 6.45) is 2.06. The molecule has 2 heterocycles. The van der Waals surface area contributed by atoms with E-state index < -0.39 is 0 Å². The molecule has 2 aliphatic heterocycles. The van der Waals surface area contributed by atoms with Crippen molar-refractivity contribution < 1.29 is 19.1 Å². The van der Waals surface area contributed by atoms with E-state index in [1.807, 2.05) is 30.3 Å². The minimum absolute atomic E-state index is 0.0323. The predicted molar refractivity (Wildman–Crippen MR) is 101 cm³/mol. The topological polar surface area (TPSA) is 76.7 Å². The number of fused-ring (bicyclic) bond motifs is 2. The van der Waals surface area contributed by atoms with E-state index in [0.717, 1.165) is 23.4 Å². The number of aryl methyl sites for hydroxylation is 1. The number of anilines is 1. The lowest BCUT2D eigenvalue weighted by molar-refractivity contribution is -0.123. The Morgan fingerprint density at radius 3 is 3.00 bits per heavy atom. The van der Waals surface area contributed by atoms with E-state index in [9.17, 15) is 9.59 Å². The van der Waals surface area contributed by atoms with E-state index in [2.05, 4.69) is 16.7 Å². The Labute approximate surface area is 157 Å². The van der Waals surface area contributed by atoms with Crippen molar-refractivity contribution in [1.82, 2.24) is 5.32 Å². The molecule has 2 aromatic carbocycles. The average Bonchev–Trinajstić information content (AvgIpc) is 2.70. The van der Waals surface area contributed by atoms with Crippen molar-refractivity contribution >= 4 is 17.5 Å². The molecular formula is C21H22N2O4. The van der Waals surface area contributed by atoms with Crippen molar-refractivity contribution in [2.45, 2.75) is 19.3 Å². The number of ether oxygens (including phenoxy) is 2. The van der Waals surface area contributed by atoms with Gasteiger partial charge in [-0.05, 0) is 48.2 Å². The molecule has 6 nitrogen and oxygen atoms in total. The Kier molecular flexibility index (Phi) is 4.96. The second kappa shape index (κ2) is 7.70. The summed E-state index contributed by atoms with van der Waals surface area (Å²) < 4.78 is 11.3. The zero-order chi connectivity index (χ0) is 18.6. The van der Waals surface area contributed by atoms with Crippen LogP contribution in [0.15, 0.2) is 42.5 Å². The molecule has 2 aliphatic rings. The summed E-state index contributed by atoms with van der Waals surface area (Å²) in [7, 11) is 0. The summed E-state index contributed by atoms with van der Waals surface area (Å²) in [6.45, 7) is 1.14. The average molecular weight is 366 g/mol. The van der Waals surface area contributed by atoms with E-state index in [1.165, 1.54) is 5.56 Å². The Bertz CT molecular complexity index is 865. The second-order valence-corrected chi connectivity index (χ2v) is 6.95. The highest BCUT2D eigenvalue weighted by molar-refractivity contribution is 5.94. The van der Waals surface area contributed by atoms with Gasteiger partial charge in [0.15, 0.2) is 6.61 Å². The van der Waals surface area contributed by atoms with Crippen LogP contribution in [0.1, 0.15) is 17.5 Å². The van der Waals surface area contributed by atoms with E-state index in [1.54, 1.807) is 6.07 Å². The third-order valence-corrected chi connectivity index (χ3v) is 4.89. The highest BCUT2D eigenvalue weighted by Gasteiger charge is 2.20. The van der Waals surface area contributed by atoms with E-state index in [4.69, 9.17) is 9.47 Å². The third kappa shape index (κ3) is 4.22. The summed E-state index contributed by atoms with van der Waals surface area (Å²) >= 11 is 0. The van der Waals surface area contributed by atoms with E-state index in [0.29, 0.717) is 31.7 Å². The number of para-hydroxylation sites is 1. The van der Waals surface area contributed by atoms with Gasteiger partial charge < -0.3 is 20.1 Å². The fourth-order valence-corrected chi connectivity index (χ4v) is 3.43. The maximum Gasteiger partial charge on any atom is 0.257 e. The fraction of sp³-hybridized carbons (Fsp3) is 0.333. The summed E-state index contributed by atoms with van der Waals surface area (Å²) in [5.41, 5.74) is 3.03. The Balaban J connectivity index is 1.24. The standard InChI is InChI=1S/C21H22N2O4/c24-20-8-5-15-10-17(6-7-18(15)23-20)26-13-21(25)22-11-14-9-16-3-1-2-4-19(16)27-12-14/h1-4,6-7,10,14H,5,8-9,11-13H2,(H,22,25)(H,23,24). The maximum atomic E-state index is 12.1. The minimum atomic E-state index is -0.153. The molecule has 4 rings (SSSR count). The van der Waals surface area contributed by atoms with Crippen molar-refractivity contribution in [2.75, 3.05) is 25.1 Å². The predicted octanol–water partition coefficient (Wildman–Crippen LogP) is 2.32. The Morgan fingerprint density at radius 2 is 2.07 bits per heavy atom. The second-order valence-electron chi connectivity index (χ2n) is 6.95. The highest BCUT2D eigenvalue weighted by Crippen LogP contribution is 2.27. The first kappa shape index (κ1) is 17.4. The van der Waals surface area contributed by atoms with Crippen molar-refractivity contribution in [3.05, 3.63) is 53.6 Å². The number of rotatable bonds is 5. The first-order chi connectivity index (χ1) is 13.2. The number of nitrogens with one attached hydrogen (secondary N) is 2. The van der Waals surface area contributed by atoms with Crippen LogP contribution < -0.4 is 20.1 Å². The minimum Gasteiger partial charge on any atom is -0.493 e. The molecule has 27 heavy (non-hydrogen) atoms. The van der Waals surface area contributed by atoms with Gasteiger partial charge in [-0.2, -0.15) is 0 Å². The zero-order valence-electron chi connectivity index (χ0n) is 15.0. The first-order valence-corrected chi connectivity index (χ1v) is 9.20. The Hall–Kier alpha value is -3.02. The molecule has 0 aromatic heterocycles. The molecule has 1 unspecified atom stereocenters. The lowest BCUT2D eigenvalue weighted by atomic mass is 9.97. The molecular weight excluding hydrogens is 344 g/mol. The summed E-state index contributed by atoms with van der Waals surface area (Å²) in [4.78, 5) is 23.5. The summed E-state index contributed by atoms with van der Waals surface area (Å²) in [5, 5.41) is 5.75. The molecule has 140 valence electrons. The van der Waals surface area contributed by atoms with Crippen LogP contribution in [0.4, 0.5) is 5.69 Å². The lowest BCUT2D eigenvalue weighted by Gasteiger charge is -2.25. The number of hydrogen-bond acceptors (Lipinski definition) is 4. The van der Waals surface area contributed by atoms with Gasteiger partial charge in [-0.25, -0.2) is 0 Å². The molecule has 0 bridgehead atoms. The normalized spacial score (nSPS) is 17.8. The van der Waals surface area contributed by atoms with Gasteiger partial charge in [0.25, 0.3) is 5.91 Å². The van der Waals surface area contributed by atoms with Crippen LogP contribution in [0.2, 0.25) is 0 Å². The van der Waals surface area contributed by atoms with Crippen LogP contribution >= 0.6 is 0 Å². The molecule has 0 radical (unpaired) electrons. The third-order valence-electron chi connectivity index (χ3n) is 4.89. The first-order valence-electron chi connectivity index (χ1n) is 9.20. The molecule has 0 saturated heterocycles. The van der Waals surface area contributed by atoms with Crippen LogP contribution in [0.5, 0.6) is 11.5 Å². The SMILES string of the molecule is O=C(COc1ccc2c(c1)CCC(=O)N2)NCC1COc2ccccc2C1. The molecule has 2 N–H and O–H groups in total. The molecule has 0 saturated carbocycles. The van der Waals surface area contributed by atoms with Gasteiger partial charge in [0.05, 0.1) is 6.61 Å². The number of hydrogen-bond donors (Lipinski definition) is 2. The van der Waals surface area contributed by atoms with Crippen molar-refractivity contribution in [3.8, 4) is 11.5 Å². The summed E-state index contributed by atoms with van der Waals surface area (Å²) in [6, 6.07) is 13.5. The van der Waals surface area contributed by atoms with Crippen molar-refractivity contribution in [3.63, 3.8) is 0 Å². The van der Waals surface area contributed by atoms with Gasteiger partial charge in [-0.3, -0.25) is 9.59 Å². The van der Waals surface area contributed by atoms with Gasteiger partial charge in [-0.1, -0.05) is 18.2 Å². The highest BCUT2D eigenvalue weighted by atomic mass is 16.5. The van der Waals surface area contributed by atoms with Crippen LogP contribution in [0.3, 0.4) is 0 Å². The largest absolute Gasteiger partial charge is 0.493 e. The van der Waals surface area contributed by atoms with E-state index >= 15 is 0 Å². The number of amides is 2. The van der Waals surface area contributed by atoms with Crippen LogP contribution in [0.25, 0.3) is 0 Å². The summed E-state index contributed by atoms with van der Waals surface area (Å²) in [5.74, 6) is 1.71. The van der Waals surface area contributed by atoms with Gasteiger partial charge in [0.2, 0.25) is 5.91 Å². The monoisotopic (exact) mass is 366 g/mol. The molecule has 1 atom stereocenters. The number of benzene rings is 2. The van der Waals surface area contributed by atoms with Gasteiger partial charge in [0, 0.05) is 24.6 Å². The molecule has 0 spiro atoms. The molecule has 0 aliphatic carbocycles. The fourth-order valence-electron chi connectivity index (χ4n) is 3.43. The molecule has 2 amide bonds. The van der Waals surface area contributed by atoms with Gasteiger partial charge in [0.1, 0.15) is 11.5 Å². The zero-order valence-corrected chi connectivity index (χ0v) is 15.0. The maximum absolute atomic E-state index is 12.1. The smallest absolute Gasteiger partial charge is 0.257 e. The molecule has 0 fully saturated rings. The van der Waals surface area contributed by atoms with E-state index in [-0.39, 0.29) is 24.3 Å². The number of carbonyl (C=O) groups excluding carboxylic acids is 2. The number of carbonyl (C=O) groups is 2. The molecule has 2 aromatic rings. The Morgan fingerprint density at radius 1 is 1.19 bits per heavy atom. The molecule has 6 heteroatoms. The van der Waals surface area contributed by atoms with Crippen LogP contribution in [-0.2, 0) is 22.4 Å². The quantitative estimate of drug-likeness (QED) is 0.851. The van der Waals surface area contributed by atoms with Gasteiger partial charge in [-0.15, -0.1) is 0 Å².